The summed E-state index contributed by atoms with van der Waals surface area (Å²) in [5, 5.41) is 0. The van der Waals surface area contributed by atoms with Gasteiger partial charge in [0, 0.05) is 17.6 Å². The lowest BCUT2D eigenvalue weighted by molar-refractivity contribution is 0.164. The highest BCUT2D eigenvalue weighted by molar-refractivity contribution is 9.10. The topological polar surface area (TPSA) is 3.24 Å². The van der Waals surface area contributed by atoms with E-state index in [2.05, 4.69) is 52.0 Å². The Balaban J connectivity index is 1.94. The number of rotatable bonds is 3. The second kappa shape index (κ2) is 5.83. The minimum atomic E-state index is 0.918. The molecular formula is C14H20BrN. The minimum absolute atomic E-state index is 0.918. The van der Waals surface area contributed by atoms with Gasteiger partial charge in [-0.3, -0.25) is 4.90 Å². The van der Waals surface area contributed by atoms with Crippen LogP contribution in [0.25, 0.3) is 0 Å². The van der Waals surface area contributed by atoms with Crippen LogP contribution in [0.5, 0.6) is 0 Å². The predicted molar refractivity (Wildman–Crippen MR) is 72.4 cm³/mol. The standard InChI is InChI=1S/C14H20BrN/c1-2-12-6-4-8-16(10-12)11-13-5-3-7-14(15)9-13/h3,5,7,9,12H,2,4,6,8,10-11H2,1H3. The van der Waals surface area contributed by atoms with Crippen LogP contribution in [0, 0.1) is 5.92 Å². The highest BCUT2D eigenvalue weighted by Gasteiger charge is 2.18. The summed E-state index contributed by atoms with van der Waals surface area (Å²) in [6.07, 6.45) is 4.12. The molecule has 0 radical (unpaired) electrons. The first-order chi connectivity index (χ1) is 7.78. The fourth-order valence-electron chi connectivity index (χ4n) is 2.52. The van der Waals surface area contributed by atoms with Gasteiger partial charge in [0.15, 0.2) is 0 Å². The van der Waals surface area contributed by atoms with E-state index in [4.69, 9.17) is 0 Å². The van der Waals surface area contributed by atoms with Crippen molar-refractivity contribution in [3.63, 3.8) is 0 Å². The molecule has 2 rings (SSSR count). The molecule has 0 aromatic heterocycles. The number of hydrogen-bond acceptors (Lipinski definition) is 1. The van der Waals surface area contributed by atoms with E-state index in [-0.39, 0.29) is 0 Å². The molecule has 1 aromatic carbocycles. The normalized spacial score (nSPS) is 22.2. The molecule has 0 N–H and O–H groups in total. The van der Waals surface area contributed by atoms with Crippen molar-refractivity contribution in [2.45, 2.75) is 32.7 Å². The molecular weight excluding hydrogens is 262 g/mol. The molecule has 1 saturated heterocycles. The number of likely N-dealkylation sites (tertiary alicyclic amines) is 1. The lowest BCUT2D eigenvalue weighted by Gasteiger charge is -2.32. The zero-order valence-electron chi connectivity index (χ0n) is 9.95. The maximum absolute atomic E-state index is 3.53. The van der Waals surface area contributed by atoms with E-state index in [1.165, 1.54) is 42.4 Å². The third kappa shape index (κ3) is 3.33. The number of nitrogens with zero attached hydrogens (tertiary/aromatic N) is 1. The first-order valence-electron chi connectivity index (χ1n) is 6.24. The minimum Gasteiger partial charge on any atom is -0.299 e. The van der Waals surface area contributed by atoms with Gasteiger partial charge in [0.05, 0.1) is 0 Å². The van der Waals surface area contributed by atoms with Gasteiger partial charge >= 0.3 is 0 Å². The van der Waals surface area contributed by atoms with E-state index >= 15 is 0 Å². The van der Waals surface area contributed by atoms with Gasteiger partial charge in [0.1, 0.15) is 0 Å². The van der Waals surface area contributed by atoms with Crippen LogP contribution in [-0.2, 0) is 6.54 Å². The highest BCUT2D eigenvalue weighted by Crippen LogP contribution is 2.21. The monoisotopic (exact) mass is 281 g/mol. The van der Waals surface area contributed by atoms with Crippen molar-refractivity contribution in [1.29, 1.82) is 0 Å². The first kappa shape index (κ1) is 12.1. The van der Waals surface area contributed by atoms with Crippen LogP contribution >= 0.6 is 15.9 Å². The lowest BCUT2D eigenvalue weighted by atomic mass is 9.95. The number of benzene rings is 1. The molecule has 1 aromatic rings. The van der Waals surface area contributed by atoms with Gasteiger partial charge in [-0.1, -0.05) is 41.4 Å². The zero-order chi connectivity index (χ0) is 11.4. The van der Waals surface area contributed by atoms with Crippen molar-refractivity contribution in [1.82, 2.24) is 4.90 Å². The van der Waals surface area contributed by atoms with Crippen LogP contribution in [0.2, 0.25) is 0 Å². The summed E-state index contributed by atoms with van der Waals surface area (Å²) >= 11 is 3.53. The Bertz CT molecular complexity index is 337. The third-order valence-electron chi connectivity index (χ3n) is 3.48. The highest BCUT2D eigenvalue weighted by atomic mass is 79.9. The Hall–Kier alpha value is -0.340. The Labute approximate surface area is 107 Å². The first-order valence-corrected chi connectivity index (χ1v) is 7.04. The van der Waals surface area contributed by atoms with E-state index in [0.29, 0.717) is 0 Å². The zero-order valence-corrected chi connectivity index (χ0v) is 11.5. The van der Waals surface area contributed by atoms with Gasteiger partial charge in [-0.15, -0.1) is 0 Å². The fraction of sp³-hybridized carbons (Fsp3) is 0.571. The predicted octanol–water partition coefficient (Wildman–Crippen LogP) is 4.07. The second-order valence-electron chi connectivity index (χ2n) is 4.78. The molecule has 88 valence electrons. The van der Waals surface area contributed by atoms with Crippen molar-refractivity contribution >= 4 is 15.9 Å². The van der Waals surface area contributed by atoms with Crippen molar-refractivity contribution < 1.29 is 0 Å². The molecule has 16 heavy (non-hydrogen) atoms. The maximum Gasteiger partial charge on any atom is 0.0234 e. The third-order valence-corrected chi connectivity index (χ3v) is 3.97. The molecule has 0 spiro atoms. The summed E-state index contributed by atoms with van der Waals surface area (Å²) < 4.78 is 1.19. The van der Waals surface area contributed by atoms with Crippen LogP contribution in [-0.4, -0.2) is 18.0 Å². The maximum atomic E-state index is 3.53. The van der Waals surface area contributed by atoms with Gasteiger partial charge < -0.3 is 0 Å². The Morgan fingerprint density at radius 3 is 3.06 bits per heavy atom. The van der Waals surface area contributed by atoms with Crippen molar-refractivity contribution in [3.8, 4) is 0 Å². The molecule has 2 heteroatoms. The van der Waals surface area contributed by atoms with Crippen LogP contribution in [0.15, 0.2) is 28.7 Å². The van der Waals surface area contributed by atoms with E-state index < -0.39 is 0 Å². The van der Waals surface area contributed by atoms with E-state index in [1.807, 2.05) is 0 Å². The average molecular weight is 282 g/mol. The molecule has 1 heterocycles. The molecule has 0 amide bonds. The van der Waals surface area contributed by atoms with E-state index in [1.54, 1.807) is 0 Å². The van der Waals surface area contributed by atoms with Crippen molar-refractivity contribution in [3.05, 3.63) is 34.3 Å². The van der Waals surface area contributed by atoms with Crippen LogP contribution in [0.3, 0.4) is 0 Å². The second-order valence-corrected chi connectivity index (χ2v) is 5.70. The summed E-state index contributed by atoms with van der Waals surface area (Å²) in [6.45, 7) is 5.97. The van der Waals surface area contributed by atoms with Crippen LogP contribution < -0.4 is 0 Å². The molecule has 0 bridgehead atoms. The summed E-state index contributed by atoms with van der Waals surface area (Å²) in [7, 11) is 0. The SMILES string of the molecule is CCC1CCCN(Cc2cccc(Br)c2)C1. The van der Waals surface area contributed by atoms with E-state index in [0.717, 1.165) is 12.5 Å². The summed E-state index contributed by atoms with van der Waals surface area (Å²) in [6, 6.07) is 8.67. The molecule has 1 aliphatic heterocycles. The lowest BCUT2D eigenvalue weighted by Crippen LogP contribution is -2.34. The van der Waals surface area contributed by atoms with Gasteiger partial charge in [-0.25, -0.2) is 0 Å². The molecule has 1 unspecified atom stereocenters. The fourth-order valence-corrected chi connectivity index (χ4v) is 2.97. The smallest absolute Gasteiger partial charge is 0.0234 e. The quantitative estimate of drug-likeness (QED) is 0.807. The van der Waals surface area contributed by atoms with Crippen LogP contribution in [0.1, 0.15) is 31.7 Å². The number of hydrogen-bond donors (Lipinski definition) is 0. The summed E-state index contributed by atoms with van der Waals surface area (Å²) in [5.74, 6) is 0.918. The molecule has 1 atom stereocenters. The van der Waals surface area contributed by atoms with Gasteiger partial charge in [-0.05, 0) is 43.0 Å². The van der Waals surface area contributed by atoms with Crippen molar-refractivity contribution in [2.24, 2.45) is 5.92 Å². The number of halogens is 1. The molecule has 0 aliphatic carbocycles. The van der Waals surface area contributed by atoms with Gasteiger partial charge in [-0.2, -0.15) is 0 Å². The number of piperidine rings is 1. The Morgan fingerprint density at radius 1 is 1.44 bits per heavy atom. The average Bonchev–Trinajstić information content (AvgIpc) is 2.29. The van der Waals surface area contributed by atoms with E-state index in [9.17, 15) is 0 Å². The molecule has 1 fully saturated rings. The summed E-state index contributed by atoms with van der Waals surface area (Å²) in [5.41, 5.74) is 1.42. The summed E-state index contributed by atoms with van der Waals surface area (Å²) in [4.78, 5) is 2.60. The van der Waals surface area contributed by atoms with Crippen LogP contribution in [0.4, 0.5) is 0 Å². The Morgan fingerprint density at radius 2 is 2.31 bits per heavy atom. The Kier molecular flexibility index (Phi) is 4.42. The largest absolute Gasteiger partial charge is 0.299 e. The molecule has 0 saturated carbocycles. The molecule has 1 aliphatic rings. The van der Waals surface area contributed by atoms with Crippen molar-refractivity contribution in [2.75, 3.05) is 13.1 Å². The van der Waals surface area contributed by atoms with Gasteiger partial charge in [0.25, 0.3) is 0 Å². The molecule has 1 nitrogen and oxygen atoms in total. The van der Waals surface area contributed by atoms with Gasteiger partial charge in [0.2, 0.25) is 0 Å².